The number of benzene rings is 1. The van der Waals surface area contributed by atoms with Gasteiger partial charge in [0.1, 0.15) is 0 Å². The van der Waals surface area contributed by atoms with Crippen molar-refractivity contribution in [2.75, 3.05) is 0 Å². The standard InChI is InChI=1S/C14H18N4O/c1-3-11(2)18(10-12-7-5-4-6-8-12)14(19)13-9-15-17-16-13/h4-9,11H,3,10H2,1-2H3,(H,15,16,17). The Morgan fingerprint density at radius 2 is 2.11 bits per heavy atom. The molecule has 2 aromatic rings. The Hall–Kier alpha value is -2.17. The molecule has 0 aliphatic heterocycles. The van der Waals surface area contributed by atoms with Crippen molar-refractivity contribution < 1.29 is 4.79 Å². The lowest BCUT2D eigenvalue weighted by Gasteiger charge is -2.28. The van der Waals surface area contributed by atoms with E-state index in [-0.39, 0.29) is 11.9 Å². The molecule has 0 aliphatic carbocycles. The van der Waals surface area contributed by atoms with Crippen LogP contribution in [0.2, 0.25) is 0 Å². The third-order valence-corrected chi connectivity index (χ3v) is 3.21. The topological polar surface area (TPSA) is 61.9 Å². The maximum atomic E-state index is 12.4. The van der Waals surface area contributed by atoms with Crippen molar-refractivity contribution in [3.05, 3.63) is 47.8 Å². The SMILES string of the molecule is CCC(C)N(Cc1ccccc1)C(=O)c1cn[nH]n1. The van der Waals surface area contributed by atoms with Gasteiger partial charge in [-0.2, -0.15) is 15.4 Å². The van der Waals surface area contributed by atoms with E-state index in [1.807, 2.05) is 42.2 Å². The fourth-order valence-electron chi connectivity index (χ4n) is 1.88. The molecule has 1 heterocycles. The summed E-state index contributed by atoms with van der Waals surface area (Å²) in [5, 5.41) is 10.0. The van der Waals surface area contributed by atoms with Gasteiger partial charge in [0.15, 0.2) is 5.69 Å². The lowest BCUT2D eigenvalue weighted by atomic mass is 10.1. The Kier molecular flexibility index (Phi) is 4.28. The summed E-state index contributed by atoms with van der Waals surface area (Å²) < 4.78 is 0. The highest BCUT2D eigenvalue weighted by Crippen LogP contribution is 2.13. The van der Waals surface area contributed by atoms with Crippen LogP contribution in [0.15, 0.2) is 36.5 Å². The first-order valence-corrected chi connectivity index (χ1v) is 6.43. The molecule has 0 saturated carbocycles. The van der Waals surface area contributed by atoms with Gasteiger partial charge in [-0.15, -0.1) is 0 Å². The van der Waals surface area contributed by atoms with Crippen molar-refractivity contribution in [2.45, 2.75) is 32.9 Å². The van der Waals surface area contributed by atoms with E-state index in [2.05, 4.69) is 22.3 Å². The Balaban J connectivity index is 2.19. The number of hydrogen-bond acceptors (Lipinski definition) is 3. The van der Waals surface area contributed by atoms with Gasteiger partial charge < -0.3 is 4.90 Å². The van der Waals surface area contributed by atoms with E-state index in [1.165, 1.54) is 6.20 Å². The molecule has 1 aromatic heterocycles. The molecule has 5 heteroatoms. The fourth-order valence-corrected chi connectivity index (χ4v) is 1.88. The minimum Gasteiger partial charge on any atom is -0.330 e. The zero-order valence-electron chi connectivity index (χ0n) is 11.2. The highest BCUT2D eigenvalue weighted by Gasteiger charge is 2.22. The predicted molar refractivity (Wildman–Crippen MR) is 72.5 cm³/mol. The Morgan fingerprint density at radius 3 is 2.68 bits per heavy atom. The van der Waals surface area contributed by atoms with Crippen molar-refractivity contribution in [1.29, 1.82) is 0 Å². The number of aromatic amines is 1. The highest BCUT2D eigenvalue weighted by molar-refractivity contribution is 5.92. The van der Waals surface area contributed by atoms with Crippen LogP contribution in [-0.4, -0.2) is 32.3 Å². The first-order valence-electron chi connectivity index (χ1n) is 6.43. The van der Waals surface area contributed by atoms with Gasteiger partial charge in [0, 0.05) is 12.6 Å². The lowest BCUT2D eigenvalue weighted by molar-refractivity contribution is 0.0665. The fraction of sp³-hybridized carbons (Fsp3) is 0.357. The number of hydrogen-bond donors (Lipinski definition) is 1. The summed E-state index contributed by atoms with van der Waals surface area (Å²) in [5.74, 6) is -0.0908. The van der Waals surface area contributed by atoms with Crippen LogP contribution in [0.25, 0.3) is 0 Å². The molecule has 0 saturated heterocycles. The maximum Gasteiger partial charge on any atom is 0.276 e. The minimum atomic E-state index is -0.0908. The zero-order valence-corrected chi connectivity index (χ0v) is 11.2. The number of carbonyl (C=O) groups is 1. The van der Waals surface area contributed by atoms with E-state index in [0.29, 0.717) is 12.2 Å². The number of H-pyrrole nitrogens is 1. The molecule has 0 spiro atoms. The number of nitrogens with zero attached hydrogens (tertiary/aromatic N) is 3. The molecule has 1 atom stereocenters. The van der Waals surface area contributed by atoms with Crippen molar-refractivity contribution >= 4 is 5.91 Å². The van der Waals surface area contributed by atoms with Crippen LogP contribution in [0.1, 0.15) is 36.3 Å². The van der Waals surface area contributed by atoms with Gasteiger partial charge in [-0.1, -0.05) is 37.3 Å². The Labute approximate surface area is 112 Å². The van der Waals surface area contributed by atoms with E-state index < -0.39 is 0 Å². The van der Waals surface area contributed by atoms with Gasteiger partial charge in [-0.05, 0) is 18.9 Å². The molecular weight excluding hydrogens is 240 g/mol. The van der Waals surface area contributed by atoms with Gasteiger partial charge >= 0.3 is 0 Å². The van der Waals surface area contributed by atoms with E-state index >= 15 is 0 Å². The quantitative estimate of drug-likeness (QED) is 0.894. The van der Waals surface area contributed by atoms with Crippen LogP contribution in [0.4, 0.5) is 0 Å². The summed E-state index contributed by atoms with van der Waals surface area (Å²) in [7, 11) is 0. The first kappa shape index (κ1) is 13.3. The molecule has 0 fully saturated rings. The molecule has 1 N–H and O–H groups in total. The molecule has 100 valence electrons. The van der Waals surface area contributed by atoms with Crippen LogP contribution in [0.5, 0.6) is 0 Å². The van der Waals surface area contributed by atoms with Crippen LogP contribution in [0, 0.1) is 0 Å². The van der Waals surface area contributed by atoms with Crippen molar-refractivity contribution in [3.8, 4) is 0 Å². The van der Waals surface area contributed by atoms with Gasteiger partial charge in [0.2, 0.25) is 0 Å². The maximum absolute atomic E-state index is 12.4. The molecule has 1 unspecified atom stereocenters. The van der Waals surface area contributed by atoms with E-state index in [1.54, 1.807) is 0 Å². The molecule has 1 amide bonds. The van der Waals surface area contributed by atoms with Crippen molar-refractivity contribution in [1.82, 2.24) is 20.3 Å². The summed E-state index contributed by atoms with van der Waals surface area (Å²) in [6.45, 7) is 4.70. The average molecular weight is 258 g/mol. The number of rotatable bonds is 5. The van der Waals surface area contributed by atoms with Crippen molar-refractivity contribution in [3.63, 3.8) is 0 Å². The number of nitrogens with one attached hydrogen (secondary N) is 1. The second kappa shape index (κ2) is 6.13. The molecule has 0 radical (unpaired) electrons. The molecule has 0 aliphatic rings. The third kappa shape index (κ3) is 3.19. The smallest absolute Gasteiger partial charge is 0.276 e. The van der Waals surface area contributed by atoms with Gasteiger partial charge in [0.25, 0.3) is 5.91 Å². The molecule has 19 heavy (non-hydrogen) atoms. The summed E-state index contributed by atoms with van der Waals surface area (Å²) >= 11 is 0. The summed E-state index contributed by atoms with van der Waals surface area (Å²) in [4.78, 5) is 14.2. The summed E-state index contributed by atoms with van der Waals surface area (Å²) in [5.41, 5.74) is 1.47. The van der Waals surface area contributed by atoms with Gasteiger partial charge in [-0.3, -0.25) is 4.79 Å². The molecule has 5 nitrogen and oxygen atoms in total. The number of amides is 1. The Bertz CT molecular complexity index is 510. The predicted octanol–water partition coefficient (Wildman–Crippen LogP) is 2.25. The van der Waals surface area contributed by atoms with E-state index in [4.69, 9.17) is 0 Å². The van der Waals surface area contributed by atoms with Gasteiger partial charge in [0.05, 0.1) is 6.20 Å². The Morgan fingerprint density at radius 1 is 1.37 bits per heavy atom. The third-order valence-electron chi connectivity index (χ3n) is 3.21. The van der Waals surface area contributed by atoms with Gasteiger partial charge in [-0.25, -0.2) is 0 Å². The van der Waals surface area contributed by atoms with Crippen LogP contribution in [0.3, 0.4) is 0 Å². The molecule has 0 bridgehead atoms. The highest BCUT2D eigenvalue weighted by atomic mass is 16.2. The number of carbonyl (C=O) groups excluding carboxylic acids is 1. The second-order valence-electron chi connectivity index (χ2n) is 4.53. The first-order chi connectivity index (χ1) is 9.22. The monoisotopic (exact) mass is 258 g/mol. The second-order valence-corrected chi connectivity index (χ2v) is 4.53. The lowest BCUT2D eigenvalue weighted by Crippen LogP contribution is -2.38. The van der Waals surface area contributed by atoms with Crippen LogP contribution < -0.4 is 0 Å². The normalized spacial score (nSPS) is 12.1. The molecule has 2 rings (SSSR count). The molecular formula is C14H18N4O. The largest absolute Gasteiger partial charge is 0.330 e. The summed E-state index contributed by atoms with van der Waals surface area (Å²) in [6.07, 6.45) is 2.36. The zero-order chi connectivity index (χ0) is 13.7. The number of aromatic nitrogens is 3. The minimum absolute atomic E-state index is 0.0908. The average Bonchev–Trinajstić information content (AvgIpc) is 2.98. The van der Waals surface area contributed by atoms with Crippen LogP contribution in [-0.2, 0) is 6.54 Å². The van der Waals surface area contributed by atoms with Crippen LogP contribution >= 0.6 is 0 Å². The van der Waals surface area contributed by atoms with E-state index in [0.717, 1.165) is 12.0 Å². The van der Waals surface area contributed by atoms with E-state index in [9.17, 15) is 4.79 Å². The molecule has 1 aromatic carbocycles. The summed E-state index contributed by atoms with van der Waals surface area (Å²) in [6, 6.07) is 10.1. The van der Waals surface area contributed by atoms with Crippen molar-refractivity contribution in [2.24, 2.45) is 0 Å².